The van der Waals surface area contributed by atoms with Gasteiger partial charge in [-0.05, 0) is 46.7 Å². The van der Waals surface area contributed by atoms with E-state index >= 15 is 0 Å². The predicted octanol–water partition coefficient (Wildman–Crippen LogP) is 3.13. The summed E-state index contributed by atoms with van der Waals surface area (Å²) in [6.45, 7) is 1.57. The maximum Gasteiger partial charge on any atom is 0.137 e. The lowest BCUT2D eigenvalue weighted by atomic mass is 10.2. The molecule has 0 saturated carbocycles. The van der Waals surface area contributed by atoms with E-state index in [2.05, 4.69) is 44.0 Å². The Labute approximate surface area is 137 Å². The monoisotopic (exact) mass is 360 g/mol. The summed E-state index contributed by atoms with van der Waals surface area (Å²) < 4.78 is 8.27. The number of hydrogen-bond donors (Lipinski definition) is 0. The van der Waals surface area contributed by atoms with Gasteiger partial charge in [0.2, 0.25) is 0 Å². The molecule has 3 aromatic heterocycles. The minimum absolute atomic E-state index is 0.774. The van der Waals surface area contributed by atoms with Crippen molar-refractivity contribution in [2.45, 2.75) is 13.1 Å². The van der Waals surface area contributed by atoms with Gasteiger partial charge in [0, 0.05) is 36.2 Å². The standard InChI is InChI=1S/C16H17BrN4O/c1-20(8-12-5-15(22-2)7-18-6-12)10-14-11-21-9-13(17)3-4-16(21)19-14/h3-7,9,11H,8,10H2,1-2H3. The summed E-state index contributed by atoms with van der Waals surface area (Å²) in [6, 6.07) is 6.00. The molecule has 0 aromatic carbocycles. The Morgan fingerprint density at radius 1 is 1.23 bits per heavy atom. The maximum atomic E-state index is 5.20. The van der Waals surface area contributed by atoms with Crippen LogP contribution in [0.3, 0.4) is 0 Å². The van der Waals surface area contributed by atoms with Gasteiger partial charge in [-0.2, -0.15) is 0 Å². The second-order valence-electron chi connectivity index (χ2n) is 5.25. The third-order valence-electron chi connectivity index (χ3n) is 3.35. The van der Waals surface area contributed by atoms with Crippen molar-refractivity contribution in [3.8, 4) is 5.75 Å². The summed E-state index contributed by atoms with van der Waals surface area (Å²) in [5.74, 6) is 0.781. The summed E-state index contributed by atoms with van der Waals surface area (Å²) in [4.78, 5) is 11.0. The summed E-state index contributed by atoms with van der Waals surface area (Å²) in [7, 11) is 3.72. The summed E-state index contributed by atoms with van der Waals surface area (Å²) in [6.07, 6.45) is 7.64. The van der Waals surface area contributed by atoms with E-state index in [4.69, 9.17) is 4.74 Å². The smallest absolute Gasteiger partial charge is 0.137 e. The van der Waals surface area contributed by atoms with Crippen molar-refractivity contribution in [1.29, 1.82) is 0 Å². The highest BCUT2D eigenvalue weighted by molar-refractivity contribution is 9.10. The van der Waals surface area contributed by atoms with Crippen LogP contribution in [0.4, 0.5) is 0 Å². The first-order valence-electron chi connectivity index (χ1n) is 6.93. The second-order valence-corrected chi connectivity index (χ2v) is 6.17. The lowest BCUT2D eigenvalue weighted by Crippen LogP contribution is -2.17. The van der Waals surface area contributed by atoms with E-state index < -0.39 is 0 Å². The second kappa shape index (κ2) is 6.46. The molecule has 114 valence electrons. The van der Waals surface area contributed by atoms with E-state index in [-0.39, 0.29) is 0 Å². The number of halogens is 1. The van der Waals surface area contributed by atoms with Crippen molar-refractivity contribution in [3.63, 3.8) is 0 Å². The van der Waals surface area contributed by atoms with E-state index in [1.54, 1.807) is 13.3 Å². The van der Waals surface area contributed by atoms with Gasteiger partial charge < -0.3 is 9.14 Å². The fraction of sp³-hybridized carbons (Fsp3) is 0.250. The minimum Gasteiger partial charge on any atom is -0.495 e. The average molecular weight is 361 g/mol. The highest BCUT2D eigenvalue weighted by Gasteiger charge is 2.07. The first-order valence-corrected chi connectivity index (χ1v) is 7.73. The highest BCUT2D eigenvalue weighted by Crippen LogP contribution is 2.15. The Hall–Kier alpha value is -1.92. The molecule has 22 heavy (non-hydrogen) atoms. The van der Waals surface area contributed by atoms with Crippen LogP contribution in [0, 0.1) is 0 Å². The molecular weight excluding hydrogens is 344 g/mol. The fourth-order valence-corrected chi connectivity index (χ4v) is 2.75. The van der Waals surface area contributed by atoms with Gasteiger partial charge in [-0.25, -0.2) is 4.98 Å². The average Bonchev–Trinajstić information content (AvgIpc) is 2.88. The van der Waals surface area contributed by atoms with Crippen LogP contribution in [0.15, 0.2) is 47.5 Å². The number of nitrogens with zero attached hydrogens (tertiary/aromatic N) is 4. The Kier molecular flexibility index (Phi) is 4.40. The van der Waals surface area contributed by atoms with E-state index in [0.717, 1.165) is 40.2 Å². The fourth-order valence-electron chi connectivity index (χ4n) is 2.40. The van der Waals surface area contributed by atoms with E-state index in [0.29, 0.717) is 0 Å². The van der Waals surface area contributed by atoms with Crippen molar-refractivity contribution in [2.24, 2.45) is 0 Å². The molecule has 0 aliphatic heterocycles. The lowest BCUT2D eigenvalue weighted by molar-refractivity contribution is 0.314. The van der Waals surface area contributed by atoms with Crippen LogP contribution in [0.1, 0.15) is 11.3 Å². The number of imidazole rings is 1. The van der Waals surface area contributed by atoms with E-state index in [1.165, 1.54) is 0 Å². The summed E-state index contributed by atoms with van der Waals surface area (Å²) >= 11 is 3.47. The van der Waals surface area contributed by atoms with Crippen LogP contribution in [-0.4, -0.2) is 33.4 Å². The molecule has 0 radical (unpaired) electrons. The Morgan fingerprint density at radius 2 is 2.09 bits per heavy atom. The largest absolute Gasteiger partial charge is 0.495 e. The van der Waals surface area contributed by atoms with Crippen LogP contribution in [0.25, 0.3) is 5.65 Å². The number of rotatable bonds is 5. The predicted molar refractivity (Wildman–Crippen MR) is 88.9 cm³/mol. The number of fused-ring (bicyclic) bond motifs is 1. The van der Waals surface area contributed by atoms with E-state index in [9.17, 15) is 0 Å². The molecule has 0 spiro atoms. The van der Waals surface area contributed by atoms with Gasteiger partial charge in [0.25, 0.3) is 0 Å². The van der Waals surface area contributed by atoms with Crippen molar-refractivity contribution in [3.05, 3.63) is 58.7 Å². The first-order chi connectivity index (χ1) is 10.6. The zero-order chi connectivity index (χ0) is 15.5. The zero-order valence-corrected chi connectivity index (χ0v) is 14.1. The number of methoxy groups -OCH3 is 1. The molecule has 6 heteroatoms. The molecular formula is C16H17BrN4O. The molecule has 0 amide bonds. The van der Waals surface area contributed by atoms with Gasteiger partial charge in [0.1, 0.15) is 11.4 Å². The van der Waals surface area contributed by atoms with E-state index in [1.807, 2.05) is 35.0 Å². The van der Waals surface area contributed by atoms with Gasteiger partial charge in [-0.1, -0.05) is 0 Å². The molecule has 0 saturated heterocycles. The van der Waals surface area contributed by atoms with Crippen LogP contribution in [0.2, 0.25) is 0 Å². The highest BCUT2D eigenvalue weighted by atomic mass is 79.9. The molecule has 0 fully saturated rings. The summed E-state index contributed by atoms with van der Waals surface area (Å²) in [5, 5.41) is 0. The quantitative estimate of drug-likeness (QED) is 0.700. The van der Waals surface area contributed by atoms with Crippen molar-refractivity contribution in [2.75, 3.05) is 14.2 Å². The molecule has 0 bridgehead atoms. The number of pyridine rings is 2. The molecule has 0 atom stereocenters. The van der Waals surface area contributed by atoms with Gasteiger partial charge in [-0.15, -0.1) is 0 Å². The lowest BCUT2D eigenvalue weighted by Gasteiger charge is -2.15. The van der Waals surface area contributed by atoms with Gasteiger partial charge in [0.15, 0.2) is 0 Å². The maximum absolute atomic E-state index is 5.20. The van der Waals surface area contributed by atoms with Gasteiger partial charge in [0.05, 0.1) is 19.0 Å². The van der Waals surface area contributed by atoms with Crippen molar-refractivity contribution < 1.29 is 4.74 Å². The minimum atomic E-state index is 0.774. The zero-order valence-electron chi connectivity index (χ0n) is 12.5. The molecule has 3 rings (SSSR count). The molecule has 3 aromatic rings. The number of aromatic nitrogens is 3. The summed E-state index contributed by atoms with van der Waals surface area (Å²) in [5.41, 5.74) is 3.11. The van der Waals surface area contributed by atoms with Crippen LogP contribution >= 0.6 is 15.9 Å². The van der Waals surface area contributed by atoms with Crippen LogP contribution in [0.5, 0.6) is 5.75 Å². The topological polar surface area (TPSA) is 42.7 Å². The Balaban J connectivity index is 1.70. The molecule has 3 heterocycles. The third-order valence-corrected chi connectivity index (χ3v) is 3.82. The van der Waals surface area contributed by atoms with Gasteiger partial charge >= 0.3 is 0 Å². The molecule has 0 aliphatic rings. The van der Waals surface area contributed by atoms with Crippen molar-refractivity contribution >= 4 is 21.6 Å². The molecule has 5 nitrogen and oxygen atoms in total. The van der Waals surface area contributed by atoms with Crippen molar-refractivity contribution in [1.82, 2.24) is 19.3 Å². The number of hydrogen-bond acceptors (Lipinski definition) is 4. The first kappa shape index (κ1) is 15.0. The SMILES string of the molecule is COc1cncc(CN(C)Cc2cn3cc(Br)ccc3n2)c1. The number of ether oxygens (including phenoxy) is 1. The Bertz CT molecular complexity index is 787. The van der Waals surface area contributed by atoms with Gasteiger partial charge in [-0.3, -0.25) is 9.88 Å². The molecule has 0 unspecified atom stereocenters. The third kappa shape index (κ3) is 3.45. The molecule has 0 N–H and O–H groups in total. The Morgan fingerprint density at radius 3 is 2.91 bits per heavy atom. The normalized spacial score (nSPS) is 11.3. The van der Waals surface area contributed by atoms with Crippen LogP contribution in [-0.2, 0) is 13.1 Å². The van der Waals surface area contributed by atoms with Crippen LogP contribution < -0.4 is 4.74 Å². The molecule has 0 aliphatic carbocycles.